The fourth-order valence-corrected chi connectivity index (χ4v) is 1.76. The van der Waals surface area contributed by atoms with E-state index in [4.69, 9.17) is 16.7 Å². The summed E-state index contributed by atoms with van der Waals surface area (Å²) in [5.41, 5.74) is 1.51. The van der Waals surface area contributed by atoms with Crippen molar-refractivity contribution in [2.45, 2.75) is 6.92 Å². The van der Waals surface area contributed by atoms with Crippen molar-refractivity contribution in [3.05, 3.63) is 58.4 Å². The summed E-state index contributed by atoms with van der Waals surface area (Å²) in [6.07, 6.45) is 1.14. The second-order valence-corrected chi connectivity index (χ2v) is 4.51. The van der Waals surface area contributed by atoms with Crippen LogP contribution in [-0.2, 0) is 0 Å². The van der Waals surface area contributed by atoms with Crippen LogP contribution in [0.25, 0.3) is 0 Å². The Labute approximate surface area is 120 Å². The number of aromatic nitrogens is 1. The van der Waals surface area contributed by atoms with Gasteiger partial charge in [0.1, 0.15) is 5.69 Å². The zero-order chi connectivity index (χ0) is 14.7. The van der Waals surface area contributed by atoms with Crippen LogP contribution in [0.15, 0.2) is 36.5 Å². The molecule has 0 unspecified atom stereocenters. The molecule has 0 aliphatic carbocycles. The largest absolute Gasteiger partial charge is 0.478 e. The third-order valence-electron chi connectivity index (χ3n) is 2.76. The first-order valence-corrected chi connectivity index (χ1v) is 6.12. The van der Waals surface area contributed by atoms with Crippen molar-refractivity contribution in [2.24, 2.45) is 0 Å². The van der Waals surface area contributed by atoms with Gasteiger partial charge in [-0.2, -0.15) is 0 Å². The van der Waals surface area contributed by atoms with E-state index >= 15 is 0 Å². The maximum atomic E-state index is 12.0. The number of nitrogens with zero attached hydrogens (tertiary/aromatic N) is 1. The summed E-state index contributed by atoms with van der Waals surface area (Å²) in [4.78, 5) is 26.5. The first kappa shape index (κ1) is 14.0. The molecule has 1 aromatic carbocycles. The highest BCUT2D eigenvalue weighted by Gasteiger charge is 2.11. The SMILES string of the molecule is Cc1c(Cl)cccc1NC(=O)c1ccc(C(=O)O)cn1. The Morgan fingerprint density at radius 1 is 1.25 bits per heavy atom. The number of rotatable bonds is 3. The number of carboxylic acids is 1. The van der Waals surface area contributed by atoms with Gasteiger partial charge in [0.15, 0.2) is 0 Å². The molecule has 0 saturated heterocycles. The minimum atomic E-state index is -1.09. The van der Waals surface area contributed by atoms with E-state index in [0.717, 1.165) is 11.8 Å². The number of benzene rings is 1. The smallest absolute Gasteiger partial charge is 0.337 e. The van der Waals surface area contributed by atoms with Crippen molar-refractivity contribution in [1.82, 2.24) is 4.98 Å². The Balaban J connectivity index is 2.20. The van der Waals surface area contributed by atoms with Crippen LogP contribution in [0.3, 0.4) is 0 Å². The van der Waals surface area contributed by atoms with Crippen molar-refractivity contribution < 1.29 is 14.7 Å². The monoisotopic (exact) mass is 290 g/mol. The molecule has 2 N–H and O–H groups in total. The van der Waals surface area contributed by atoms with Gasteiger partial charge in [-0.1, -0.05) is 17.7 Å². The third kappa shape index (κ3) is 2.95. The lowest BCUT2D eigenvalue weighted by Gasteiger charge is -2.09. The predicted molar refractivity (Wildman–Crippen MR) is 75.3 cm³/mol. The Hall–Kier alpha value is -2.40. The molecule has 6 heteroatoms. The van der Waals surface area contributed by atoms with Crippen LogP contribution in [-0.4, -0.2) is 22.0 Å². The molecule has 0 radical (unpaired) electrons. The van der Waals surface area contributed by atoms with E-state index in [1.807, 2.05) is 0 Å². The van der Waals surface area contributed by atoms with E-state index in [1.54, 1.807) is 25.1 Å². The zero-order valence-corrected chi connectivity index (χ0v) is 11.3. The van der Waals surface area contributed by atoms with Crippen LogP contribution in [0.4, 0.5) is 5.69 Å². The fraction of sp³-hybridized carbons (Fsp3) is 0.0714. The Kier molecular flexibility index (Phi) is 4.00. The highest BCUT2D eigenvalue weighted by Crippen LogP contribution is 2.23. The van der Waals surface area contributed by atoms with Crippen molar-refractivity contribution in [3.8, 4) is 0 Å². The van der Waals surface area contributed by atoms with Crippen molar-refractivity contribution in [1.29, 1.82) is 0 Å². The number of anilines is 1. The quantitative estimate of drug-likeness (QED) is 0.911. The summed E-state index contributed by atoms with van der Waals surface area (Å²) in [5, 5.41) is 12.0. The summed E-state index contributed by atoms with van der Waals surface area (Å²) in [6, 6.07) is 7.87. The summed E-state index contributed by atoms with van der Waals surface area (Å²) in [7, 11) is 0. The van der Waals surface area contributed by atoms with Crippen LogP contribution in [0.1, 0.15) is 26.4 Å². The number of carbonyl (C=O) groups excluding carboxylic acids is 1. The molecule has 0 bridgehead atoms. The molecule has 2 aromatic rings. The van der Waals surface area contributed by atoms with Gasteiger partial charge in [-0.3, -0.25) is 9.78 Å². The minimum Gasteiger partial charge on any atom is -0.478 e. The second kappa shape index (κ2) is 5.71. The Morgan fingerprint density at radius 3 is 2.60 bits per heavy atom. The molecule has 1 aromatic heterocycles. The van der Waals surface area contributed by atoms with Crippen molar-refractivity contribution in [2.75, 3.05) is 5.32 Å². The summed E-state index contributed by atoms with van der Waals surface area (Å²) < 4.78 is 0. The average molecular weight is 291 g/mol. The summed E-state index contributed by atoms with van der Waals surface area (Å²) >= 11 is 5.97. The molecule has 0 atom stereocenters. The van der Waals surface area contributed by atoms with Crippen LogP contribution in [0.5, 0.6) is 0 Å². The fourth-order valence-electron chi connectivity index (χ4n) is 1.58. The number of pyridine rings is 1. The highest BCUT2D eigenvalue weighted by atomic mass is 35.5. The Morgan fingerprint density at radius 2 is 2.00 bits per heavy atom. The molecule has 0 aliphatic heterocycles. The van der Waals surface area contributed by atoms with Gasteiger partial charge in [-0.05, 0) is 36.8 Å². The molecule has 1 amide bonds. The number of carboxylic acid groups (broad SMARTS) is 1. The number of hydrogen-bond acceptors (Lipinski definition) is 3. The molecule has 0 fully saturated rings. The number of carbonyl (C=O) groups is 2. The van der Waals surface area contributed by atoms with Gasteiger partial charge in [0.2, 0.25) is 0 Å². The van der Waals surface area contributed by atoms with Crippen LogP contribution >= 0.6 is 11.6 Å². The van der Waals surface area contributed by atoms with Crippen LogP contribution < -0.4 is 5.32 Å². The first-order chi connectivity index (χ1) is 9.49. The first-order valence-electron chi connectivity index (χ1n) is 5.75. The molecule has 5 nitrogen and oxygen atoms in total. The number of aromatic carboxylic acids is 1. The maximum absolute atomic E-state index is 12.0. The van der Waals surface area contributed by atoms with E-state index in [0.29, 0.717) is 10.7 Å². The maximum Gasteiger partial charge on any atom is 0.337 e. The topological polar surface area (TPSA) is 79.3 Å². The molecule has 2 rings (SSSR count). The predicted octanol–water partition coefficient (Wildman–Crippen LogP) is 2.99. The van der Waals surface area contributed by atoms with Gasteiger partial charge in [0, 0.05) is 16.9 Å². The number of amides is 1. The van der Waals surface area contributed by atoms with Crippen molar-refractivity contribution >= 4 is 29.2 Å². The van der Waals surface area contributed by atoms with Gasteiger partial charge in [0.05, 0.1) is 5.56 Å². The third-order valence-corrected chi connectivity index (χ3v) is 3.17. The molecular weight excluding hydrogens is 280 g/mol. The van der Waals surface area contributed by atoms with Crippen LogP contribution in [0.2, 0.25) is 5.02 Å². The molecular formula is C14H11ClN2O3. The average Bonchev–Trinajstić information content (AvgIpc) is 2.44. The summed E-state index contributed by atoms with van der Waals surface area (Å²) in [6.45, 7) is 1.79. The molecule has 102 valence electrons. The minimum absolute atomic E-state index is 0.0282. The van der Waals surface area contributed by atoms with Gasteiger partial charge in [0.25, 0.3) is 5.91 Å². The number of halogens is 1. The molecule has 0 spiro atoms. The number of hydrogen-bond donors (Lipinski definition) is 2. The highest BCUT2D eigenvalue weighted by molar-refractivity contribution is 6.31. The second-order valence-electron chi connectivity index (χ2n) is 4.10. The van der Waals surface area contributed by atoms with Gasteiger partial charge in [-0.25, -0.2) is 4.79 Å². The van der Waals surface area contributed by atoms with Gasteiger partial charge in [-0.15, -0.1) is 0 Å². The molecule has 0 saturated carbocycles. The summed E-state index contributed by atoms with van der Waals surface area (Å²) in [5.74, 6) is -1.51. The standard InChI is InChI=1S/C14H11ClN2O3/c1-8-10(15)3-2-4-11(8)17-13(18)12-6-5-9(7-16-12)14(19)20/h2-7H,1H3,(H,17,18)(H,19,20). The van der Waals surface area contributed by atoms with Gasteiger partial charge < -0.3 is 10.4 Å². The van der Waals surface area contributed by atoms with Crippen molar-refractivity contribution in [3.63, 3.8) is 0 Å². The normalized spacial score (nSPS) is 10.1. The van der Waals surface area contributed by atoms with E-state index in [2.05, 4.69) is 10.3 Å². The molecule has 1 heterocycles. The lowest BCUT2D eigenvalue weighted by molar-refractivity contribution is 0.0696. The van der Waals surface area contributed by atoms with E-state index < -0.39 is 11.9 Å². The van der Waals surface area contributed by atoms with Crippen LogP contribution in [0, 0.1) is 6.92 Å². The molecule has 0 aliphatic rings. The Bertz CT molecular complexity index is 669. The zero-order valence-electron chi connectivity index (χ0n) is 10.6. The molecule has 20 heavy (non-hydrogen) atoms. The van der Waals surface area contributed by atoms with Gasteiger partial charge >= 0.3 is 5.97 Å². The lowest BCUT2D eigenvalue weighted by atomic mass is 10.2. The lowest BCUT2D eigenvalue weighted by Crippen LogP contribution is -2.15. The van der Waals surface area contributed by atoms with E-state index in [9.17, 15) is 9.59 Å². The van der Waals surface area contributed by atoms with E-state index in [-0.39, 0.29) is 11.3 Å². The number of nitrogens with one attached hydrogen (secondary N) is 1. The van der Waals surface area contributed by atoms with E-state index in [1.165, 1.54) is 12.1 Å².